The van der Waals surface area contributed by atoms with E-state index in [0.29, 0.717) is 4.99 Å². The highest BCUT2D eigenvalue weighted by Crippen LogP contribution is 2.28. The van der Waals surface area contributed by atoms with Crippen LogP contribution in [-0.4, -0.2) is 9.97 Å². The van der Waals surface area contributed by atoms with Crippen LogP contribution in [0.5, 0.6) is 0 Å². The summed E-state index contributed by atoms with van der Waals surface area (Å²) in [4.78, 5) is 4.66. The fourth-order valence-corrected chi connectivity index (χ4v) is 3.74. The molecule has 0 fully saturated rings. The summed E-state index contributed by atoms with van der Waals surface area (Å²) >= 11 is 13.3. The molecule has 0 aliphatic carbocycles. The quantitative estimate of drug-likeness (QED) is 0.507. The second-order valence-corrected chi connectivity index (χ2v) is 7.20. The number of aromatic nitrogens is 1. The Morgan fingerprint density at radius 2 is 1.64 bits per heavy atom. The highest BCUT2D eigenvalue weighted by atomic mass is 79.9. The van der Waals surface area contributed by atoms with E-state index in [2.05, 4.69) is 42.9 Å². The SMILES string of the molecule is Brc1ccccc1-c1nccs1.NC(=S)c1ccccc1Br. The first-order chi connectivity index (χ1) is 10.6. The Labute approximate surface area is 155 Å². The molecule has 0 bridgehead atoms. The number of rotatable bonds is 2. The summed E-state index contributed by atoms with van der Waals surface area (Å²) in [6.45, 7) is 0. The van der Waals surface area contributed by atoms with E-state index in [4.69, 9.17) is 18.0 Å². The zero-order valence-electron chi connectivity index (χ0n) is 11.4. The van der Waals surface area contributed by atoms with Gasteiger partial charge in [-0.15, -0.1) is 11.3 Å². The molecule has 0 unspecified atom stereocenters. The molecule has 0 saturated heterocycles. The Balaban J connectivity index is 0.000000164. The van der Waals surface area contributed by atoms with Crippen molar-refractivity contribution in [3.63, 3.8) is 0 Å². The molecule has 3 rings (SSSR count). The van der Waals surface area contributed by atoms with Crippen molar-refractivity contribution in [2.75, 3.05) is 0 Å². The molecule has 2 N–H and O–H groups in total. The molecule has 0 radical (unpaired) electrons. The predicted octanol–water partition coefficient (Wildman–Crippen LogP) is 5.66. The van der Waals surface area contributed by atoms with E-state index >= 15 is 0 Å². The fourth-order valence-electron chi connectivity index (χ4n) is 1.65. The molecule has 0 aliphatic rings. The molecule has 22 heavy (non-hydrogen) atoms. The van der Waals surface area contributed by atoms with Crippen LogP contribution in [0.4, 0.5) is 0 Å². The van der Waals surface area contributed by atoms with Gasteiger partial charge in [0.1, 0.15) is 10.00 Å². The number of benzene rings is 2. The van der Waals surface area contributed by atoms with Gasteiger partial charge in [0.2, 0.25) is 0 Å². The van der Waals surface area contributed by atoms with Crippen LogP contribution in [0.1, 0.15) is 5.56 Å². The summed E-state index contributed by atoms with van der Waals surface area (Å²) in [6, 6.07) is 15.7. The largest absolute Gasteiger partial charge is 0.389 e. The second-order valence-electron chi connectivity index (χ2n) is 4.16. The van der Waals surface area contributed by atoms with Crippen LogP contribution < -0.4 is 5.73 Å². The number of thiocarbonyl (C=S) groups is 1. The van der Waals surface area contributed by atoms with E-state index in [1.807, 2.05) is 54.0 Å². The van der Waals surface area contributed by atoms with E-state index in [0.717, 1.165) is 25.1 Å². The third kappa shape index (κ3) is 4.71. The number of halogens is 2. The lowest BCUT2D eigenvalue weighted by Gasteiger charge is -1.98. The molecule has 2 aromatic carbocycles. The van der Waals surface area contributed by atoms with Crippen LogP contribution in [0.15, 0.2) is 69.1 Å². The van der Waals surface area contributed by atoms with Crippen LogP contribution >= 0.6 is 55.4 Å². The minimum Gasteiger partial charge on any atom is -0.389 e. The van der Waals surface area contributed by atoms with E-state index in [-0.39, 0.29) is 0 Å². The van der Waals surface area contributed by atoms with Gasteiger partial charge in [-0.1, -0.05) is 80.5 Å². The zero-order valence-corrected chi connectivity index (χ0v) is 16.2. The van der Waals surface area contributed by atoms with Gasteiger partial charge in [0.25, 0.3) is 0 Å². The monoisotopic (exact) mass is 454 g/mol. The maximum Gasteiger partial charge on any atom is 0.124 e. The Bertz CT molecular complexity index is 758. The van der Waals surface area contributed by atoms with Gasteiger partial charge in [0, 0.05) is 31.6 Å². The maximum absolute atomic E-state index is 5.42. The van der Waals surface area contributed by atoms with Crippen molar-refractivity contribution in [3.8, 4) is 10.6 Å². The number of nitrogens with zero attached hydrogens (tertiary/aromatic N) is 1. The number of nitrogens with two attached hydrogens (primary N) is 1. The summed E-state index contributed by atoms with van der Waals surface area (Å²) in [5.74, 6) is 0. The van der Waals surface area contributed by atoms with Crippen molar-refractivity contribution in [3.05, 3.63) is 74.6 Å². The Morgan fingerprint density at radius 1 is 1.00 bits per heavy atom. The minimum atomic E-state index is 0.424. The molecular weight excluding hydrogens is 444 g/mol. The summed E-state index contributed by atoms with van der Waals surface area (Å²) in [6.07, 6.45) is 1.82. The summed E-state index contributed by atoms with van der Waals surface area (Å²) in [5.41, 5.74) is 7.46. The first-order valence-corrected chi connectivity index (χ1v) is 9.15. The molecule has 2 nitrogen and oxygen atoms in total. The minimum absolute atomic E-state index is 0.424. The molecule has 1 heterocycles. The Morgan fingerprint density at radius 3 is 2.14 bits per heavy atom. The smallest absolute Gasteiger partial charge is 0.124 e. The lowest BCUT2D eigenvalue weighted by atomic mass is 10.2. The first-order valence-electron chi connectivity index (χ1n) is 6.28. The first kappa shape index (κ1) is 17.3. The normalized spacial score (nSPS) is 9.73. The van der Waals surface area contributed by atoms with Crippen LogP contribution in [0, 0.1) is 0 Å². The van der Waals surface area contributed by atoms with Gasteiger partial charge in [-0.2, -0.15) is 0 Å². The third-order valence-corrected chi connectivity index (χ3v) is 5.09. The third-order valence-electron chi connectivity index (χ3n) is 2.68. The topological polar surface area (TPSA) is 38.9 Å². The molecule has 0 amide bonds. The zero-order chi connectivity index (χ0) is 15.9. The summed E-state index contributed by atoms with van der Waals surface area (Å²) in [7, 11) is 0. The van der Waals surface area contributed by atoms with Crippen LogP contribution in [-0.2, 0) is 0 Å². The summed E-state index contributed by atoms with van der Waals surface area (Å²) in [5, 5.41) is 3.04. The highest BCUT2D eigenvalue weighted by molar-refractivity contribution is 9.10. The van der Waals surface area contributed by atoms with Crippen molar-refractivity contribution in [2.24, 2.45) is 5.73 Å². The molecule has 0 atom stereocenters. The van der Waals surface area contributed by atoms with Gasteiger partial charge >= 0.3 is 0 Å². The van der Waals surface area contributed by atoms with Gasteiger partial charge in [0.15, 0.2) is 0 Å². The number of thiazole rings is 1. The van der Waals surface area contributed by atoms with Crippen LogP contribution in [0.3, 0.4) is 0 Å². The average Bonchev–Trinajstić information content (AvgIpc) is 3.02. The Kier molecular flexibility index (Phi) is 6.70. The second kappa shape index (κ2) is 8.53. The average molecular weight is 456 g/mol. The van der Waals surface area contributed by atoms with Crippen molar-refractivity contribution < 1.29 is 0 Å². The van der Waals surface area contributed by atoms with Gasteiger partial charge in [-0.3, -0.25) is 0 Å². The molecule has 0 aliphatic heterocycles. The molecule has 1 aromatic heterocycles. The predicted molar refractivity (Wildman–Crippen MR) is 105 cm³/mol. The van der Waals surface area contributed by atoms with E-state index in [1.165, 1.54) is 0 Å². The molecular formula is C16H12Br2N2S2. The number of hydrogen-bond donors (Lipinski definition) is 1. The molecule has 3 aromatic rings. The van der Waals surface area contributed by atoms with Crippen molar-refractivity contribution in [1.82, 2.24) is 4.98 Å². The fraction of sp³-hybridized carbons (Fsp3) is 0. The van der Waals surface area contributed by atoms with Gasteiger partial charge < -0.3 is 5.73 Å². The van der Waals surface area contributed by atoms with E-state index < -0.39 is 0 Å². The maximum atomic E-state index is 5.42. The molecule has 0 spiro atoms. The standard InChI is InChI=1S/C9H6BrNS.C7H6BrNS/c10-8-4-2-1-3-7(8)9-11-5-6-12-9;8-6-4-2-1-3-5(6)7(9)10/h1-6H;1-4H,(H2,9,10). The molecule has 6 heteroatoms. The summed E-state index contributed by atoms with van der Waals surface area (Å²) < 4.78 is 2.04. The lowest BCUT2D eigenvalue weighted by Crippen LogP contribution is -2.09. The highest BCUT2D eigenvalue weighted by Gasteiger charge is 2.02. The lowest BCUT2D eigenvalue weighted by molar-refractivity contribution is 1.41. The van der Waals surface area contributed by atoms with Crippen molar-refractivity contribution in [2.45, 2.75) is 0 Å². The van der Waals surface area contributed by atoms with Crippen LogP contribution in [0.25, 0.3) is 10.6 Å². The van der Waals surface area contributed by atoms with Gasteiger partial charge in [0.05, 0.1) is 0 Å². The molecule has 0 saturated carbocycles. The Hall–Kier alpha value is -1.08. The number of hydrogen-bond acceptors (Lipinski definition) is 3. The van der Waals surface area contributed by atoms with E-state index in [9.17, 15) is 0 Å². The van der Waals surface area contributed by atoms with Gasteiger partial charge in [-0.25, -0.2) is 4.98 Å². The van der Waals surface area contributed by atoms with Crippen LogP contribution in [0.2, 0.25) is 0 Å². The van der Waals surface area contributed by atoms with Gasteiger partial charge in [-0.05, 0) is 12.1 Å². The van der Waals surface area contributed by atoms with Crippen molar-refractivity contribution >= 4 is 60.4 Å². The van der Waals surface area contributed by atoms with Crippen molar-refractivity contribution in [1.29, 1.82) is 0 Å². The van der Waals surface area contributed by atoms with E-state index in [1.54, 1.807) is 11.3 Å². The molecule has 112 valence electrons.